The van der Waals surface area contributed by atoms with Gasteiger partial charge in [0.15, 0.2) is 6.61 Å². The van der Waals surface area contributed by atoms with Gasteiger partial charge in [-0.25, -0.2) is 9.59 Å². The lowest BCUT2D eigenvalue weighted by atomic mass is 10.1. The van der Waals surface area contributed by atoms with E-state index in [1.807, 2.05) is 6.07 Å². The molecule has 0 saturated heterocycles. The van der Waals surface area contributed by atoms with Crippen LogP contribution in [0.3, 0.4) is 0 Å². The zero-order chi connectivity index (χ0) is 20.2. The first-order valence-electron chi connectivity index (χ1n) is 9.36. The highest BCUT2D eigenvalue weighted by Gasteiger charge is 2.19. The number of halogens is 1. The van der Waals surface area contributed by atoms with Crippen molar-refractivity contribution in [2.75, 3.05) is 19.8 Å². The molecule has 0 fully saturated rings. The molecule has 1 heterocycles. The molecule has 0 radical (unpaired) electrons. The van der Waals surface area contributed by atoms with Gasteiger partial charge in [0.2, 0.25) is 0 Å². The van der Waals surface area contributed by atoms with Crippen LogP contribution in [-0.4, -0.2) is 25.8 Å². The van der Waals surface area contributed by atoms with Crippen LogP contribution < -0.4 is 15.1 Å². The van der Waals surface area contributed by atoms with Gasteiger partial charge in [-0.2, -0.15) is 0 Å². The number of carbonyl (C=O) groups excluding carboxylic acids is 1. The molecule has 0 saturated carbocycles. The largest absolute Gasteiger partial charge is 0.488 e. The van der Waals surface area contributed by atoms with Crippen molar-refractivity contribution in [1.82, 2.24) is 0 Å². The lowest BCUT2D eigenvalue weighted by Gasteiger charge is -2.10. The van der Waals surface area contributed by atoms with E-state index < -0.39 is 5.97 Å². The zero-order valence-electron chi connectivity index (χ0n) is 15.6. The highest BCUT2D eigenvalue weighted by Crippen LogP contribution is 2.29. The summed E-state index contributed by atoms with van der Waals surface area (Å²) < 4.78 is 21.4. The van der Waals surface area contributed by atoms with Crippen LogP contribution in [0.25, 0.3) is 11.0 Å². The van der Waals surface area contributed by atoms with E-state index in [1.54, 1.807) is 36.4 Å². The van der Waals surface area contributed by atoms with Crippen LogP contribution in [0, 0.1) is 0 Å². The van der Waals surface area contributed by atoms with Gasteiger partial charge < -0.3 is 18.6 Å². The Kier molecular flexibility index (Phi) is 5.71. The van der Waals surface area contributed by atoms with Crippen LogP contribution in [-0.2, 0) is 22.4 Å². The first-order chi connectivity index (χ1) is 14.1. The van der Waals surface area contributed by atoms with Crippen molar-refractivity contribution in [2.45, 2.75) is 19.3 Å². The fourth-order valence-electron chi connectivity index (χ4n) is 3.41. The van der Waals surface area contributed by atoms with E-state index >= 15 is 0 Å². The van der Waals surface area contributed by atoms with Crippen molar-refractivity contribution in [3.05, 3.63) is 69.0 Å². The summed E-state index contributed by atoms with van der Waals surface area (Å²) >= 11 is 5.99. The second-order valence-electron chi connectivity index (χ2n) is 6.65. The van der Waals surface area contributed by atoms with Gasteiger partial charge in [-0.3, -0.25) is 0 Å². The number of aryl methyl sites for hydroxylation is 1. The van der Waals surface area contributed by atoms with Gasteiger partial charge in [-0.05, 0) is 49.1 Å². The number of para-hydroxylation sites is 1. The molecule has 2 aromatic carbocycles. The standard InChI is InChI=1S/C22H19ClO6/c23-18-6-1-2-7-19(18)26-10-11-27-21(24)13-28-14-8-9-16-15-4-3-5-17(15)22(25)29-20(16)12-14/h1-2,6-9,12H,3-5,10-11,13H2. The number of hydrogen-bond acceptors (Lipinski definition) is 6. The van der Waals surface area contributed by atoms with Gasteiger partial charge >= 0.3 is 11.6 Å². The molecule has 0 atom stereocenters. The first kappa shape index (κ1) is 19.3. The van der Waals surface area contributed by atoms with Gasteiger partial charge in [0.05, 0.1) is 5.02 Å². The van der Waals surface area contributed by atoms with E-state index in [0.717, 1.165) is 35.8 Å². The van der Waals surface area contributed by atoms with Gasteiger partial charge in [0.25, 0.3) is 0 Å². The predicted octanol–water partition coefficient (Wildman–Crippen LogP) is 3.94. The Morgan fingerprint density at radius 2 is 1.86 bits per heavy atom. The molecule has 150 valence electrons. The van der Waals surface area contributed by atoms with Crippen molar-refractivity contribution in [3.8, 4) is 11.5 Å². The number of hydrogen-bond donors (Lipinski definition) is 0. The van der Waals surface area contributed by atoms with Crippen LogP contribution in [0.5, 0.6) is 11.5 Å². The van der Waals surface area contributed by atoms with E-state index in [4.69, 9.17) is 30.2 Å². The first-order valence-corrected chi connectivity index (χ1v) is 9.74. The van der Waals surface area contributed by atoms with Crippen molar-refractivity contribution in [2.24, 2.45) is 0 Å². The highest BCUT2D eigenvalue weighted by molar-refractivity contribution is 6.32. The minimum Gasteiger partial charge on any atom is -0.488 e. The molecule has 4 rings (SSSR count). The summed E-state index contributed by atoms with van der Waals surface area (Å²) in [5.74, 6) is 0.441. The molecule has 7 heteroatoms. The molecule has 1 aliphatic rings. The predicted molar refractivity (Wildman–Crippen MR) is 108 cm³/mol. The fraction of sp³-hybridized carbons (Fsp3) is 0.273. The van der Waals surface area contributed by atoms with E-state index in [2.05, 4.69) is 0 Å². The summed E-state index contributed by atoms with van der Waals surface area (Å²) in [4.78, 5) is 23.9. The lowest BCUT2D eigenvalue weighted by Crippen LogP contribution is -2.18. The average molecular weight is 415 g/mol. The summed E-state index contributed by atoms with van der Waals surface area (Å²) in [6.45, 7) is 0.000631. The number of ether oxygens (including phenoxy) is 3. The third-order valence-corrected chi connectivity index (χ3v) is 5.05. The molecule has 1 aromatic heterocycles. The minimum absolute atomic E-state index is 0.0755. The summed E-state index contributed by atoms with van der Waals surface area (Å²) in [5.41, 5.74) is 2.00. The lowest BCUT2D eigenvalue weighted by molar-refractivity contribution is -0.146. The third kappa shape index (κ3) is 4.38. The Morgan fingerprint density at radius 3 is 2.72 bits per heavy atom. The Balaban J connectivity index is 1.29. The highest BCUT2D eigenvalue weighted by atomic mass is 35.5. The molecule has 0 amide bonds. The maximum atomic E-state index is 12.1. The Hall–Kier alpha value is -2.99. The zero-order valence-corrected chi connectivity index (χ0v) is 16.4. The fourth-order valence-corrected chi connectivity index (χ4v) is 3.60. The van der Waals surface area contributed by atoms with Crippen molar-refractivity contribution < 1.29 is 23.4 Å². The van der Waals surface area contributed by atoms with Gasteiger partial charge in [0.1, 0.15) is 30.3 Å². The summed E-state index contributed by atoms with van der Waals surface area (Å²) in [7, 11) is 0. The van der Waals surface area contributed by atoms with E-state index in [9.17, 15) is 9.59 Å². The molecule has 0 aliphatic heterocycles. The summed E-state index contributed by atoms with van der Waals surface area (Å²) in [6, 6.07) is 12.3. The number of rotatable bonds is 7. The molecule has 3 aromatic rings. The Labute approximate surface area is 171 Å². The Bertz CT molecular complexity index is 1100. The van der Waals surface area contributed by atoms with Crippen molar-refractivity contribution >= 4 is 28.5 Å². The number of benzene rings is 2. The Morgan fingerprint density at radius 1 is 1.03 bits per heavy atom. The number of carbonyl (C=O) groups is 1. The molecule has 0 spiro atoms. The van der Waals surface area contributed by atoms with Crippen molar-refractivity contribution in [1.29, 1.82) is 0 Å². The maximum Gasteiger partial charge on any atom is 0.344 e. The van der Waals surface area contributed by atoms with Gasteiger partial charge in [0, 0.05) is 17.0 Å². The maximum absolute atomic E-state index is 12.1. The normalized spacial score (nSPS) is 12.6. The van der Waals surface area contributed by atoms with Crippen LogP contribution in [0.2, 0.25) is 5.02 Å². The number of esters is 1. The smallest absolute Gasteiger partial charge is 0.344 e. The quantitative estimate of drug-likeness (QED) is 0.331. The average Bonchev–Trinajstić information content (AvgIpc) is 3.21. The molecule has 0 N–H and O–H groups in total. The second-order valence-corrected chi connectivity index (χ2v) is 7.05. The molecule has 1 aliphatic carbocycles. The topological polar surface area (TPSA) is 75.0 Å². The minimum atomic E-state index is -0.525. The monoisotopic (exact) mass is 414 g/mol. The molecular formula is C22H19ClO6. The molecule has 0 bridgehead atoms. The van der Waals surface area contributed by atoms with Crippen LogP contribution in [0.15, 0.2) is 51.7 Å². The third-order valence-electron chi connectivity index (χ3n) is 4.74. The van der Waals surface area contributed by atoms with E-state index in [-0.39, 0.29) is 25.4 Å². The number of fused-ring (bicyclic) bond motifs is 3. The molecule has 29 heavy (non-hydrogen) atoms. The van der Waals surface area contributed by atoms with Crippen LogP contribution >= 0.6 is 11.6 Å². The van der Waals surface area contributed by atoms with E-state index in [1.165, 1.54) is 0 Å². The van der Waals surface area contributed by atoms with Crippen LogP contribution in [0.1, 0.15) is 17.5 Å². The summed E-state index contributed by atoms with van der Waals surface area (Å²) in [6.07, 6.45) is 2.60. The van der Waals surface area contributed by atoms with Gasteiger partial charge in [-0.15, -0.1) is 0 Å². The molecular weight excluding hydrogens is 396 g/mol. The molecule has 0 unspecified atom stereocenters. The SMILES string of the molecule is O=C(COc1ccc2c3c(c(=O)oc2c1)CCC3)OCCOc1ccccc1Cl. The van der Waals surface area contributed by atoms with Gasteiger partial charge in [-0.1, -0.05) is 23.7 Å². The van der Waals surface area contributed by atoms with E-state index in [0.29, 0.717) is 22.1 Å². The molecule has 6 nitrogen and oxygen atoms in total. The second kappa shape index (κ2) is 8.57. The van der Waals surface area contributed by atoms with Crippen molar-refractivity contribution in [3.63, 3.8) is 0 Å². The summed E-state index contributed by atoms with van der Waals surface area (Å²) in [5, 5.41) is 1.42. The van der Waals surface area contributed by atoms with Crippen LogP contribution in [0.4, 0.5) is 0 Å².